The minimum Gasteiger partial charge on any atom is -0.464 e. The molecule has 2 heterocycles. The molecule has 0 unspecified atom stereocenters. The van der Waals surface area contributed by atoms with Crippen LogP contribution in [0.4, 0.5) is 0 Å². The highest BCUT2D eigenvalue weighted by molar-refractivity contribution is 5.87. The van der Waals surface area contributed by atoms with Gasteiger partial charge in [0.25, 0.3) is 0 Å². The maximum atomic E-state index is 11.2. The molecule has 0 fully saturated rings. The van der Waals surface area contributed by atoms with E-state index in [0.717, 1.165) is 11.2 Å². The lowest BCUT2D eigenvalue weighted by Gasteiger charge is -1.92. The highest BCUT2D eigenvalue weighted by Gasteiger charge is 2.09. The lowest BCUT2D eigenvalue weighted by atomic mass is 10.3. The summed E-state index contributed by atoms with van der Waals surface area (Å²) in [6.07, 6.45) is 3.57. The van der Waals surface area contributed by atoms with Crippen molar-refractivity contribution in [3.05, 3.63) is 35.8 Å². The van der Waals surface area contributed by atoms with Crippen LogP contribution in [0.1, 0.15) is 16.1 Å². The minimum atomic E-state index is -0.411. The molecule has 2 rings (SSSR count). The second-order valence-electron chi connectivity index (χ2n) is 3.09. The molecule has 0 spiro atoms. The number of ether oxygens (including phenoxy) is 1. The molecule has 0 saturated heterocycles. The summed E-state index contributed by atoms with van der Waals surface area (Å²) in [6, 6.07) is 3.81. The fourth-order valence-electron chi connectivity index (χ4n) is 1.31. The molecule has 0 N–H and O–H groups in total. The molecule has 0 radical (unpaired) electrons. The SMILES string of the molecule is COC(=O)c1cn2cc(C)ccc2n1. The Kier molecular flexibility index (Phi) is 1.96. The van der Waals surface area contributed by atoms with E-state index in [4.69, 9.17) is 0 Å². The molecule has 0 amide bonds. The summed E-state index contributed by atoms with van der Waals surface area (Å²) in [5, 5.41) is 0. The maximum absolute atomic E-state index is 11.2. The molecule has 0 atom stereocenters. The maximum Gasteiger partial charge on any atom is 0.358 e. The van der Waals surface area contributed by atoms with Crippen molar-refractivity contribution >= 4 is 11.6 Å². The molecular weight excluding hydrogens is 180 g/mol. The van der Waals surface area contributed by atoms with Crippen LogP contribution in [-0.4, -0.2) is 22.5 Å². The number of aromatic nitrogens is 2. The molecule has 2 aromatic rings. The van der Waals surface area contributed by atoms with E-state index in [-0.39, 0.29) is 0 Å². The quantitative estimate of drug-likeness (QED) is 0.639. The van der Waals surface area contributed by atoms with Gasteiger partial charge >= 0.3 is 5.97 Å². The van der Waals surface area contributed by atoms with E-state index in [9.17, 15) is 4.79 Å². The number of pyridine rings is 1. The van der Waals surface area contributed by atoms with E-state index >= 15 is 0 Å². The van der Waals surface area contributed by atoms with Gasteiger partial charge in [-0.25, -0.2) is 9.78 Å². The zero-order chi connectivity index (χ0) is 10.1. The summed E-state index contributed by atoms with van der Waals surface area (Å²) in [7, 11) is 1.34. The van der Waals surface area contributed by atoms with E-state index in [2.05, 4.69) is 9.72 Å². The first-order valence-corrected chi connectivity index (χ1v) is 4.24. The van der Waals surface area contributed by atoms with Gasteiger partial charge in [0.2, 0.25) is 0 Å². The smallest absolute Gasteiger partial charge is 0.358 e. The third kappa shape index (κ3) is 1.35. The first-order valence-electron chi connectivity index (χ1n) is 4.24. The summed E-state index contributed by atoms with van der Waals surface area (Å²) in [6.45, 7) is 1.98. The largest absolute Gasteiger partial charge is 0.464 e. The zero-order valence-electron chi connectivity index (χ0n) is 8.02. The van der Waals surface area contributed by atoms with E-state index in [0.29, 0.717) is 5.69 Å². The van der Waals surface area contributed by atoms with Crippen LogP contribution in [0.15, 0.2) is 24.5 Å². The van der Waals surface area contributed by atoms with Crippen molar-refractivity contribution in [2.75, 3.05) is 7.11 Å². The first kappa shape index (κ1) is 8.74. The zero-order valence-corrected chi connectivity index (χ0v) is 8.02. The molecule has 0 saturated carbocycles. The highest BCUT2D eigenvalue weighted by atomic mass is 16.5. The van der Waals surface area contributed by atoms with Crippen molar-refractivity contribution in [2.24, 2.45) is 0 Å². The third-order valence-corrected chi connectivity index (χ3v) is 1.99. The van der Waals surface area contributed by atoms with Gasteiger partial charge in [-0.1, -0.05) is 6.07 Å². The second kappa shape index (κ2) is 3.14. The van der Waals surface area contributed by atoms with Crippen LogP contribution in [0.25, 0.3) is 5.65 Å². The predicted molar refractivity (Wildman–Crippen MR) is 51.3 cm³/mol. The van der Waals surface area contributed by atoms with Crippen molar-refractivity contribution in [3.8, 4) is 0 Å². The fourth-order valence-corrected chi connectivity index (χ4v) is 1.31. The second-order valence-corrected chi connectivity index (χ2v) is 3.09. The van der Waals surface area contributed by atoms with Gasteiger partial charge in [-0.2, -0.15) is 0 Å². The van der Waals surface area contributed by atoms with Crippen LogP contribution >= 0.6 is 0 Å². The summed E-state index contributed by atoms with van der Waals surface area (Å²) < 4.78 is 6.39. The Morgan fingerprint density at radius 2 is 2.21 bits per heavy atom. The molecular formula is C10H10N2O2. The summed E-state index contributed by atoms with van der Waals surface area (Å²) in [4.78, 5) is 15.3. The van der Waals surface area contributed by atoms with E-state index in [1.807, 2.05) is 29.7 Å². The minimum absolute atomic E-state index is 0.332. The van der Waals surface area contributed by atoms with Crippen molar-refractivity contribution in [3.63, 3.8) is 0 Å². The lowest BCUT2D eigenvalue weighted by Crippen LogP contribution is -2.00. The van der Waals surface area contributed by atoms with Crippen LogP contribution in [0.2, 0.25) is 0 Å². The molecule has 0 bridgehead atoms. The number of hydrogen-bond acceptors (Lipinski definition) is 3. The Morgan fingerprint density at radius 1 is 1.43 bits per heavy atom. The van der Waals surface area contributed by atoms with E-state index < -0.39 is 5.97 Å². The van der Waals surface area contributed by atoms with Gasteiger partial charge in [0.1, 0.15) is 5.65 Å². The van der Waals surface area contributed by atoms with Gasteiger partial charge in [-0.3, -0.25) is 0 Å². The lowest BCUT2D eigenvalue weighted by molar-refractivity contribution is 0.0595. The topological polar surface area (TPSA) is 43.6 Å². The average Bonchev–Trinajstić information content (AvgIpc) is 2.59. The fraction of sp³-hybridized carbons (Fsp3) is 0.200. The first-order chi connectivity index (χ1) is 6.70. The Bertz CT molecular complexity index is 488. The van der Waals surface area contributed by atoms with Crippen LogP contribution in [-0.2, 0) is 4.74 Å². The molecule has 4 nitrogen and oxygen atoms in total. The molecule has 14 heavy (non-hydrogen) atoms. The average molecular weight is 190 g/mol. The van der Waals surface area contributed by atoms with Crippen molar-refractivity contribution < 1.29 is 9.53 Å². The molecule has 0 aliphatic carbocycles. The van der Waals surface area contributed by atoms with Crippen molar-refractivity contribution in [1.82, 2.24) is 9.38 Å². The number of carbonyl (C=O) groups is 1. The molecule has 0 aromatic carbocycles. The number of esters is 1. The summed E-state index contributed by atoms with van der Waals surface area (Å²) >= 11 is 0. The number of methoxy groups -OCH3 is 1. The normalized spacial score (nSPS) is 10.4. The number of fused-ring (bicyclic) bond motifs is 1. The number of imidazole rings is 1. The Hall–Kier alpha value is -1.84. The van der Waals surface area contributed by atoms with Crippen LogP contribution < -0.4 is 0 Å². The number of carbonyl (C=O) groups excluding carboxylic acids is 1. The molecule has 0 aliphatic rings. The monoisotopic (exact) mass is 190 g/mol. The highest BCUT2D eigenvalue weighted by Crippen LogP contribution is 2.07. The molecule has 4 heteroatoms. The van der Waals surface area contributed by atoms with Crippen LogP contribution in [0.3, 0.4) is 0 Å². The van der Waals surface area contributed by atoms with Gasteiger partial charge in [0.05, 0.1) is 7.11 Å². The third-order valence-electron chi connectivity index (χ3n) is 1.99. The summed E-state index contributed by atoms with van der Waals surface area (Å²) in [5.41, 5.74) is 2.19. The number of rotatable bonds is 1. The van der Waals surface area contributed by atoms with Gasteiger partial charge in [-0.05, 0) is 18.6 Å². The van der Waals surface area contributed by atoms with Gasteiger partial charge in [0, 0.05) is 12.4 Å². The van der Waals surface area contributed by atoms with Gasteiger partial charge in [0.15, 0.2) is 5.69 Å². The molecule has 2 aromatic heterocycles. The van der Waals surface area contributed by atoms with Crippen molar-refractivity contribution in [2.45, 2.75) is 6.92 Å². The number of nitrogens with zero attached hydrogens (tertiary/aromatic N) is 2. The Labute approximate surface area is 81.1 Å². The van der Waals surface area contributed by atoms with E-state index in [1.54, 1.807) is 6.20 Å². The molecule has 72 valence electrons. The van der Waals surface area contributed by atoms with Gasteiger partial charge in [-0.15, -0.1) is 0 Å². The van der Waals surface area contributed by atoms with Gasteiger partial charge < -0.3 is 9.14 Å². The molecule has 0 aliphatic heterocycles. The Balaban J connectivity index is 2.56. The van der Waals surface area contributed by atoms with Crippen molar-refractivity contribution in [1.29, 1.82) is 0 Å². The Morgan fingerprint density at radius 3 is 2.93 bits per heavy atom. The number of aryl methyl sites for hydroxylation is 1. The standard InChI is InChI=1S/C10H10N2O2/c1-7-3-4-9-11-8(10(13)14-2)6-12(9)5-7/h3-6H,1-2H3. The van der Waals surface area contributed by atoms with Crippen LogP contribution in [0, 0.1) is 6.92 Å². The van der Waals surface area contributed by atoms with E-state index in [1.165, 1.54) is 7.11 Å². The predicted octanol–water partition coefficient (Wildman–Crippen LogP) is 1.43. The van der Waals surface area contributed by atoms with Crippen LogP contribution in [0.5, 0.6) is 0 Å². The summed E-state index contributed by atoms with van der Waals surface area (Å²) in [5.74, 6) is -0.411. The number of hydrogen-bond donors (Lipinski definition) is 0.